The molecule has 1 atom stereocenters. The quantitative estimate of drug-likeness (QED) is 0.638. The molecule has 1 fully saturated rings. The van der Waals surface area contributed by atoms with Gasteiger partial charge in [0.2, 0.25) is 0 Å². The van der Waals surface area contributed by atoms with E-state index in [4.69, 9.17) is 17.3 Å². The minimum Gasteiger partial charge on any atom is -0.375 e. The summed E-state index contributed by atoms with van der Waals surface area (Å²) in [6.45, 7) is 0.372. The first kappa shape index (κ1) is 13.0. The maximum atomic E-state index is 13.2. The van der Waals surface area contributed by atoms with Crippen molar-refractivity contribution in [3.8, 4) is 0 Å². The van der Waals surface area contributed by atoms with Crippen LogP contribution in [0.3, 0.4) is 0 Å². The molecular formula is C11H13ClFN3O2. The van der Waals surface area contributed by atoms with Gasteiger partial charge in [-0.1, -0.05) is 11.6 Å². The second kappa shape index (κ2) is 5.07. The molecule has 1 aromatic rings. The highest BCUT2D eigenvalue weighted by Crippen LogP contribution is 2.36. The van der Waals surface area contributed by atoms with Gasteiger partial charge < -0.3 is 11.1 Å². The van der Waals surface area contributed by atoms with Crippen LogP contribution in [0.15, 0.2) is 12.1 Å². The van der Waals surface area contributed by atoms with E-state index in [9.17, 15) is 14.5 Å². The Balaban J connectivity index is 2.29. The van der Waals surface area contributed by atoms with E-state index in [1.807, 2.05) is 0 Å². The van der Waals surface area contributed by atoms with Gasteiger partial charge in [-0.3, -0.25) is 10.1 Å². The van der Waals surface area contributed by atoms with Gasteiger partial charge in [0.1, 0.15) is 11.5 Å². The molecule has 3 N–H and O–H groups in total. The average molecular weight is 274 g/mol. The summed E-state index contributed by atoms with van der Waals surface area (Å²) in [6.07, 6.45) is 2.11. The summed E-state index contributed by atoms with van der Waals surface area (Å²) in [5.74, 6) is -0.372. The Labute approximate surface area is 108 Å². The molecule has 0 bridgehead atoms. The van der Waals surface area contributed by atoms with Gasteiger partial charge in [0, 0.05) is 12.6 Å². The number of halogens is 2. The highest BCUT2D eigenvalue weighted by Gasteiger charge is 2.31. The third kappa shape index (κ3) is 2.70. The monoisotopic (exact) mass is 273 g/mol. The number of nitrogens with one attached hydrogen (secondary N) is 1. The minimum absolute atomic E-state index is 0.0368. The first-order chi connectivity index (χ1) is 8.52. The zero-order valence-electron chi connectivity index (χ0n) is 9.53. The van der Waals surface area contributed by atoms with Crippen molar-refractivity contribution in [1.29, 1.82) is 0 Å². The van der Waals surface area contributed by atoms with E-state index in [1.165, 1.54) is 6.07 Å². The number of nitrogens with two attached hydrogens (primary N) is 1. The van der Waals surface area contributed by atoms with E-state index < -0.39 is 10.7 Å². The van der Waals surface area contributed by atoms with Crippen molar-refractivity contribution in [3.05, 3.63) is 33.1 Å². The van der Waals surface area contributed by atoms with Crippen molar-refractivity contribution in [2.24, 2.45) is 11.7 Å². The van der Waals surface area contributed by atoms with Crippen LogP contribution in [0.4, 0.5) is 15.8 Å². The molecule has 0 saturated heterocycles. The van der Waals surface area contributed by atoms with Gasteiger partial charge >= 0.3 is 0 Å². The summed E-state index contributed by atoms with van der Waals surface area (Å²) in [7, 11) is 0. The second-order valence-electron chi connectivity index (χ2n) is 4.36. The topological polar surface area (TPSA) is 81.2 Å². The predicted octanol–water partition coefficient (Wildman–Crippen LogP) is 2.54. The highest BCUT2D eigenvalue weighted by atomic mass is 35.5. The summed E-state index contributed by atoms with van der Waals surface area (Å²) in [4.78, 5) is 10.2. The van der Waals surface area contributed by atoms with E-state index >= 15 is 0 Å². The lowest BCUT2D eigenvalue weighted by molar-refractivity contribution is -0.384. The number of nitro benzene ring substituents is 1. The summed E-state index contributed by atoms with van der Waals surface area (Å²) < 4.78 is 13.2. The predicted molar refractivity (Wildman–Crippen MR) is 67.3 cm³/mol. The number of hydrogen-bond acceptors (Lipinski definition) is 4. The normalized spacial score (nSPS) is 16.4. The smallest absolute Gasteiger partial charge is 0.295 e. The lowest BCUT2D eigenvalue weighted by atomic mass is 10.1. The Kier molecular flexibility index (Phi) is 3.68. The molecule has 0 amide bonds. The Morgan fingerprint density at radius 1 is 1.61 bits per heavy atom. The Bertz CT molecular complexity index is 480. The molecule has 98 valence electrons. The van der Waals surface area contributed by atoms with E-state index in [0.29, 0.717) is 12.5 Å². The van der Waals surface area contributed by atoms with Crippen LogP contribution in [0.5, 0.6) is 0 Å². The Morgan fingerprint density at radius 2 is 2.28 bits per heavy atom. The molecule has 1 aromatic carbocycles. The van der Waals surface area contributed by atoms with Crippen molar-refractivity contribution in [1.82, 2.24) is 0 Å². The van der Waals surface area contributed by atoms with Crippen LogP contribution in [-0.2, 0) is 0 Å². The summed E-state index contributed by atoms with van der Waals surface area (Å²) in [6, 6.07) is 2.02. The third-order valence-electron chi connectivity index (χ3n) is 3.02. The number of rotatable bonds is 5. The van der Waals surface area contributed by atoms with E-state index in [0.717, 1.165) is 18.9 Å². The highest BCUT2D eigenvalue weighted by molar-refractivity contribution is 6.31. The fourth-order valence-electron chi connectivity index (χ4n) is 1.87. The van der Waals surface area contributed by atoms with Crippen LogP contribution < -0.4 is 11.1 Å². The maximum Gasteiger partial charge on any atom is 0.295 e. The lowest BCUT2D eigenvalue weighted by Gasteiger charge is -2.17. The molecule has 18 heavy (non-hydrogen) atoms. The molecule has 0 spiro atoms. The molecule has 5 nitrogen and oxygen atoms in total. The van der Waals surface area contributed by atoms with Gasteiger partial charge in [-0.2, -0.15) is 0 Å². The zero-order chi connectivity index (χ0) is 13.3. The third-order valence-corrected chi connectivity index (χ3v) is 3.31. The van der Waals surface area contributed by atoms with E-state index in [1.54, 1.807) is 0 Å². The fourth-order valence-corrected chi connectivity index (χ4v) is 2.03. The van der Waals surface area contributed by atoms with Gasteiger partial charge in [0.05, 0.1) is 16.0 Å². The number of nitro groups is 1. The lowest BCUT2D eigenvalue weighted by Crippen LogP contribution is -2.31. The van der Waals surface area contributed by atoms with Crippen LogP contribution in [0.2, 0.25) is 5.02 Å². The molecule has 1 unspecified atom stereocenters. The van der Waals surface area contributed by atoms with Crippen molar-refractivity contribution >= 4 is 23.0 Å². The van der Waals surface area contributed by atoms with Crippen LogP contribution >= 0.6 is 11.6 Å². The number of hydrogen-bond donors (Lipinski definition) is 2. The van der Waals surface area contributed by atoms with Gasteiger partial charge in [-0.15, -0.1) is 0 Å². The maximum absolute atomic E-state index is 13.2. The first-order valence-corrected chi connectivity index (χ1v) is 6.00. The summed E-state index contributed by atoms with van der Waals surface area (Å²) >= 11 is 5.64. The van der Waals surface area contributed by atoms with Crippen LogP contribution in [-0.4, -0.2) is 17.5 Å². The molecule has 0 aliphatic heterocycles. The minimum atomic E-state index is -0.801. The molecular weight excluding hydrogens is 261 g/mol. The molecule has 1 aliphatic carbocycles. The Morgan fingerprint density at radius 3 is 2.78 bits per heavy atom. The van der Waals surface area contributed by atoms with Crippen molar-refractivity contribution < 1.29 is 9.31 Å². The molecule has 7 heteroatoms. The van der Waals surface area contributed by atoms with Gasteiger partial charge in [-0.05, 0) is 24.8 Å². The number of benzene rings is 1. The second-order valence-corrected chi connectivity index (χ2v) is 4.77. The first-order valence-electron chi connectivity index (χ1n) is 5.63. The molecule has 1 saturated carbocycles. The molecule has 0 heterocycles. The van der Waals surface area contributed by atoms with Crippen molar-refractivity contribution in [2.75, 3.05) is 11.9 Å². The van der Waals surface area contributed by atoms with Crippen LogP contribution in [0.1, 0.15) is 12.8 Å². The Hall–Kier alpha value is -1.40. The van der Waals surface area contributed by atoms with E-state index in [2.05, 4.69) is 5.32 Å². The number of nitrogens with zero attached hydrogens (tertiary/aromatic N) is 1. The standard InChI is InChI=1S/C11H13ClFN3O2/c12-7-3-9(11(16(17)18)4-8(7)13)15-10(5-14)6-1-2-6/h3-4,6,10,15H,1-2,5,14H2. The van der Waals surface area contributed by atoms with Crippen LogP contribution in [0.25, 0.3) is 0 Å². The largest absolute Gasteiger partial charge is 0.375 e. The molecule has 2 rings (SSSR count). The SMILES string of the molecule is NCC(Nc1cc(Cl)c(F)cc1[N+](=O)[O-])C1CC1. The van der Waals surface area contributed by atoms with Crippen LogP contribution in [0, 0.1) is 21.8 Å². The van der Waals surface area contributed by atoms with Gasteiger partial charge in [0.25, 0.3) is 5.69 Å². The molecule has 0 aromatic heterocycles. The zero-order valence-corrected chi connectivity index (χ0v) is 10.3. The van der Waals surface area contributed by atoms with Crippen molar-refractivity contribution in [3.63, 3.8) is 0 Å². The summed E-state index contributed by atoms with van der Waals surface area (Å²) in [5.41, 5.74) is 5.51. The van der Waals surface area contributed by atoms with Crippen molar-refractivity contribution in [2.45, 2.75) is 18.9 Å². The van der Waals surface area contributed by atoms with Gasteiger partial charge in [-0.25, -0.2) is 4.39 Å². The molecule has 1 aliphatic rings. The molecule has 0 radical (unpaired) electrons. The van der Waals surface area contributed by atoms with Gasteiger partial charge in [0.15, 0.2) is 0 Å². The van der Waals surface area contributed by atoms with E-state index in [-0.39, 0.29) is 22.4 Å². The fraction of sp³-hybridized carbons (Fsp3) is 0.455. The average Bonchev–Trinajstić information content (AvgIpc) is 3.13. The summed E-state index contributed by atoms with van der Waals surface area (Å²) in [5, 5.41) is 13.7. The number of anilines is 1.